The van der Waals surface area contributed by atoms with Gasteiger partial charge in [0.15, 0.2) is 6.39 Å². The van der Waals surface area contributed by atoms with Crippen molar-refractivity contribution in [2.75, 3.05) is 0 Å². The normalized spacial score (nSPS) is 10.0. The summed E-state index contributed by atoms with van der Waals surface area (Å²) in [5.41, 5.74) is 3.43. The Kier molecular flexibility index (Phi) is 1.25. The Balaban J connectivity index is 2.48. The summed E-state index contributed by atoms with van der Waals surface area (Å²) in [7, 11) is 0. The van der Waals surface area contributed by atoms with Crippen molar-refractivity contribution in [2.45, 2.75) is 0 Å². The van der Waals surface area contributed by atoms with Gasteiger partial charge in [0.1, 0.15) is 17.7 Å². The standard InChI is InChI=1S/C6H4N2OS/c1-5(7-3-9-1)6-2-10-4-8-6/h1-4H. The van der Waals surface area contributed by atoms with Crippen LogP contribution in [0.3, 0.4) is 0 Å². The lowest BCUT2D eigenvalue weighted by Gasteiger charge is -1.80. The van der Waals surface area contributed by atoms with E-state index in [9.17, 15) is 0 Å². The topological polar surface area (TPSA) is 38.9 Å². The summed E-state index contributed by atoms with van der Waals surface area (Å²) in [6, 6.07) is 0. The van der Waals surface area contributed by atoms with E-state index in [1.54, 1.807) is 23.1 Å². The number of oxazole rings is 1. The molecule has 3 nitrogen and oxygen atoms in total. The van der Waals surface area contributed by atoms with Gasteiger partial charge in [-0.2, -0.15) is 0 Å². The zero-order valence-electron chi connectivity index (χ0n) is 5.02. The van der Waals surface area contributed by atoms with Crippen LogP contribution in [0.1, 0.15) is 0 Å². The lowest BCUT2D eigenvalue weighted by molar-refractivity contribution is 0.558. The van der Waals surface area contributed by atoms with Crippen LogP contribution in [0.25, 0.3) is 11.4 Å². The Hall–Kier alpha value is -1.16. The molecule has 0 aliphatic rings. The van der Waals surface area contributed by atoms with Crippen LogP contribution in [0.15, 0.2) is 28.0 Å². The zero-order valence-corrected chi connectivity index (χ0v) is 5.84. The largest absolute Gasteiger partial charge is 0.451 e. The maximum absolute atomic E-state index is 4.79. The van der Waals surface area contributed by atoms with Gasteiger partial charge in [0.25, 0.3) is 0 Å². The molecule has 0 radical (unpaired) electrons. The molecule has 0 aliphatic carbocycles. The first-order valence-corrected chi connectivity index (χ1v) is 3.68. The second-order valence-electron chi connectivity index (χ2n) is 1.75. The minimum Gasteiger partial charge on any atom is -0.451 e. The van der Waals surface area contributed by atoms with E-state index >= 15 is 0 Å². The number of hydrogen-bond donors (Lipinski definition) is 0. The fourth-order valence-corrected chi connectivity index (χ4v) is 1.22. The Morgan fingerprint density at radius 3 is 2.90 bits per heavy atom. The van der Waals surface area contributed by atoms with Crippen LogP contribution in [-0.2, 0) is 0 Å². The zero-order chi connectivity index (χ0) is 6.81. The van der Waals surface area contributed by atoms with Gasteiger partial charge in [-0.3, -0.25) is 0 Å². The van der Waals surface area contributed by atoms with E-state index in [4.69, 9.17) is 4.42 Å². The SMILES string of the molecule is c1nc(-c2cscn2)co1. The molecule has 0 N–H and O–H groups in total. The van der Waals surface area contributed by atoms with E-state index in [0.717, 1.165) is 11.4 Å². The molecule has 2 heterocycles. The molecule has 4 heteroatoms. The maximum Gasteiger partial charge on any atom is 0.181 e. The predicted octanol–water partition coefficient (Wildman–Crippen LogP) is 1.80. The fourth-order valence-electron chi connectivity index (χ4n) is 0.678. The van der Waals surface area contributed by atoms with Gasteiger partial charge in [-0.25, -0.2) is 9.97 Å². The number of rotatable bonds is 1. The van der Waals surface area contributed by atoms with Crippen LogP contribution in [-0.4, -0.2) is 9.97 Å². The highest BCUT2D eigenvalue weighted by atomic mass is 32.1. The van der Waals surface area contributed by atoms with Crippen molar-refractivity contribution in [3.05, 3.63) is 23.5 Å². The summed E-state index contributed by atoms with van der Waals surface area (Å²) >= 11 is 1.55. The van der Waals surface area contributed by atoms with Crippen LogP contribution in [0.2, 0.25) is 0 Å². The summed E-state index contributed by atoms with van der Waals surface area (Å²) in [5.74, 6) is 0. The van der Waals surface area contributed by atoms with Gasteiger partial charge in [0, 0.05) is 5.38 Å². The third-order valence-corrected chi connectivity index (χ3v) is 1.71. The first-order chi connectivity index (χ1) is 4.97. The molecule has 2 aromatic rings. The third-order valence-electron chi connectivity index (χ3n) is 1.13. The molecule has 0 amide bonds. The summed E-state index contributed by atoms with van der Waals surface area (Å²) in [5, 5.41) is 1.93. The molecule has 0 aliphatic heterocycles. The average molecular weight is 152 g/mol. The van der Waals surface area contributed by atoms with Crippen molar-refractivity contribution in [3.63, 3.8) is 0 Å². The van der Waals surface area contributed by atoms with Crippen molar-refractivity contribution in [1.82, 2.24) is 9.97 Å². The molecule has 10 heavy (non-hydrogen) atoms. The predicted molar refractivity (Wildman–Crippen MR) is 37.6 cm³/mol. The van der Waals surface area contributed by atoms with E-state index in [-0.39, 0.29) is 0 Å². The van der Waals surface area contributed by atoms with Gasteiger partial charge in [-0.05, 0) is 0 Å². The monoisotopic (exact) mass is 152 g/mol. The van der Waals surface area contributed by atoms with Crippen molar-refractivity contribution in [1.29, 1.82) is 0 Å². The molecule has 0 fully saturated rings. The van der Waals surface area contributed by atoms with Crippen molar-refractivity contribution < 1.29 is 4.42 Å². The van der Waals surface area contributed by atoms with E-state index < -0.39 is 0 Å². The number of hydrogen-bond acceptors (Lipinski definition) is 4. The molecule has 0 bridgehead atoms. The van der Waals surface area contributed by atoms with E-state index in [2.05, 4.69) is 9.97 Å². The first-order valence-electron chi connectivity index (χ1n) is 2.73. The molecule has 0 spiro atoms. The van der Waals surface area contributed by atoms with Crippen LogP contribution in [0.4, 0.5) is 0 Å². The van der Waals surface area contributed by atoms with Crippen molar-refractivity contribution >= 4 is 11.3 Å². The molecular weight excluding hydrogens is 148 g/mol. The van der Waals surface area contributed by atoms with Gasteiger partial charge in [0.2, 0.25) is 0 Å². The molecule has 50 valence electrons. The van der Waals surface area contributed by atoms with Gasteiger partial charge in [-0.1, -0.05) is 0 Å². The van der Waals surface area contributed by atoms with Crippen molar-refractivity contribution in [2.24, 2.45) is 0 Å². The molecule has 0 atom stereocenters. The smallest absolute Gasteiger partial charge is 0.181 e. The van der Waals surface area contributed by atoms with Gasteiger partial charge in [0.05, 0.1) is 5.51 Å². The highest BCUT2D eigenvalue weighted by Gasteiger charge is 2.00. The summed E-state index contributed by atoms with van der Waals surface area (Å²) in [6.07, 6.45) is 2.98. The second-order valence-corrected chi connectivity index (χ2v) is 2.47. The van der Waals surface area contributed by atoms with E-state index in [1.807, 2.05) is 5.38 Å². The maximum atomic E-state index is 4.79. The Labute approximate surface area is 61.4 Å². The lowest BCUT2D eigenvalue weighted by atomic mass is 10.4. The molecule has 0 saturated heterocycles. The molecule has 2 aromatic heterocycles. The van der Waals surface area contributed by atoms with Crippen LogP contribution >= 0.6 is 11.3 Å². The average Bonchev–Trinajstić information content (AvgIpc) is 2.59. The van der Waals surface area contributed by atoms with E-state index in [1.165, 1.54) is 6.39 Å². The number of aromatic nitrogens is 2. The highest BCUT2D eigenvalue weighted by Crippen LogP contribution is 2.15. The Morgan fingerprint density at radius 2 is 2.30 bits per heavy atom. The molecule has 0 unspecified atom stereocenters. The van der Waals surface area contributed by atoms with Crippen LogP contribution in [0.5, 0.6) is 0 Å². The fraction of sp³-hybridized carbons (Fsp3) is 0. The van der Waals surface area contributed by atoms with E-state index in [0.29, 0.717) is 0 Å². The summed E-state index contributed by atoms with van der Waals surface area (Å²) in [6.45, 7) is 0. The minimum atomic E-state index is 0.793. The lowest BCUT2D eigenvalue weighted by Crippen LogP contribution is -1.72. The second kappa shape index (κ2) is 2.22. The summed E-state index contributed by atoms with van der Waals surface area (Å²) < 4.78 is 4.79. The molecular formula is C6H4N2OS. The van der Waals surface area contributed by atoms with Crippen molar-refractivity contribution in [3.8, 4) is 11.4 Å². The minimum absolute atomic E-state index is 0.793. The third kappa shape index (κ3) is 0.823. The highest BCUT2D eigenvalue weighted by molar-refractivity contribution is 7.07. The Morgan fingerprint density at radius 1 is 1.30 bits per heavy atom. The van der Waals surface area contributed by atoms with Gasteiger partial charge < -0.3 is 4.42 Å². The molecule has 2 rings (SSSR count). The quantitative estimate of drug-likeness (QED) is 0.625. The number of nitrogens with zero attached hydrogens (tertiary/aromatic N) is 2. The van der Waals surface area contributed by atoms with Gasteiger partial charge >= 0.3 is 0 Å². The number of thiazole rings is 1. The van der Waals surface area contributed by atoms with Gasteiger partial charge in [-0.15, -0.1) is 11.3 Å². The molecule has 0 saturated carbocycles. The van der Waals surface area contributed by atoms with Crippen LogP contribution < -0.4 is 0 Å². The molecule has 0 aromatic carbocycles. The first kappa shape index (κ1) is 5.61. The Bertz CT molecular complexity index is 255. The van der Waals surface area contributed by atoms with Crippen LogP contribution in [0, 0.1) is 0 Å². The summed E-state index contributed by atoms with van der Waals surface area (Å²) in [4.78, 5) is 7.99.